The van der Waals surface area contributed by atoms with Gasteiger partial charge in [0.1, 0.15) is 22.6 Å². The highest BCUT2D eigenvalue weighted by Crippen LogP contribution is 2.21. The number of hydrogen-bond acceptors (Lipinski definition) is 6. The number of hydrogen-bond donors (Lipinski definition) is 1. The van der Waals surface area contributed by atoms with Gasteiger partial charge in [-0.3, -0.25) is 9.59 Å². The van der Waals surface area contributed by atoms with Crippen molar-refractivity contribution in [3.05, 3.63) is 70.6 Å². The molecule has 1 N–H and O–H groups in total. The normalized spacial score (nSPS) is 11.7. The van der Waals surface area contributed by atoms with Crippen LogP contribution in [0, 0.1) is 0 Å². The molecule has 162 valence electrons. The molecule has 3 rings (SSSR count). The summed E-state index contributed by atoms with van der Waals surface area (Å²) >= 11 is 0. The molecule has 0 saturated carbocycles. The Morgan fingerprint density at radius 3 is 2.58 bits per heavy atom. The summed E-state index contributed by atoms with van der Waals surface area (Å²) in [5.41, 5.74) is -0.561. The highest BCUT2D eigenvalue weighted by molar-refractivity contribution is 5.97. The molecule has 0 radical (unpaired) electrons. The van der Waals surface area contributed by atoms with Gasteiger partial charge < -0.3 is 19.2 Å². The number of para-hydroxylation sites is 1. The lowest BCUT2D eigenvalue weighted by Crippen LogP contribution is -2.34. The minimum atomic E-state index is -0.741. The third kappa shape index (κ3) is 6.18. The molecular formula is C24H25NO6. The zero-order chi connectivity index (χ0) is 22.2. The van der Waals surface area contributed by atoms with E-state index in [1.165, 1.54) is 12.1 Å². The van der Waals surface area contributed by atoms with Gasteiger partial charge in [0.15, 0.2) is 0 Å². The van der Waals surface area contributed by atoms with Crippen LogP contribution >= 0.6 is 0 Å². The molecule has 2 aromatic carbocycles. The lowest BCUT2D eigenvalue weighted by Gasteiger charge is -2.11. The van der Waals surface area contributed by atoms with E-state index in [-0.39, 0.29) is 29.4 Å². The van der Waals surface area contributed by atoms with E-state index in [1.807, 2.05) is 44.2 Å². The number of amides is 1. The van der Waals surface area contributed by atoms with E-state index in [9.17, 15) is 14.4 Å². The Labute approximate surface area is 180 Å². The first-order chi connectivity index (χ1) is 15.0. The fourth-order valence-corrected chi connectivity index (χ4v) is 2.82. The SMILES string of the molecule is CCC(C)NC(=O)c1cc2ccc(OC(=O)CCCOc3ccccc3)cc2oc1=O. The maximum Gasteiger partial charge on any atom is 0.349 e. The van der Waals surface area contributed by atoms with Crippen molar-refractivity contribution in [1.29, 1.82) is 0 Å². The second-order valence-electron chi connectivity index (χ2n) is 7.17. The predicted octanol–water partition coefficient (Wildman–Crippen LogP) is 4.09. The van der Waals surface area contributed by atoms with Gasteiger partial charge >= 0.3 is 11.6 Å². The van der Waals surface area contributed by atoms with Crippen LogP contribution in [0.1, 0.15) is 43.5 Å². The Hall–Kier alpha value is -3.61. The molecule has 7 nitrogen and oxygen atoms in total. The second kappa shape index (κ2) is 10.4. The van der Waals surface area contributed by atoms with E-state index in [4.69, 9.17) is 13.9 Å². The Morgan fingerprint density at radius 1 is 1.06 bits per heavy atom. The quantitative estimate of drug-likeness (QED) is 0.241. The van der Waals surface area contributed by atoms with E-state index < -0.39 is 17.5 Å². The van der Waals surface area contributed by atoms with E-state index in [1.54, 1.807) is 12.1 Å². The minimum absolute atomic E-state index is 0.0533. The van der Waals surface area contributed by atoms with Crippen molar-refractivity contribution in [2.75, 3.05) is 6.61 Å². The number of nitrogens with one attached hydrogen (secondary N) is 1. The van der Waals surface area contributed by atoms with E-state index in [2.05, 4.69) is 5.32 Å². The molecule has 1 atom stereocenters. The summed E-state index contributed by atoms with van der Waals surface area (Å²) < 4.78 is 16.1. The van der Waals surface area contributed by atoms with Gasteiger partial charge in [0.25, 0.3) is 5.91 Å². The summed E-state index contributed by atoms with van der Waals surface area (Å²) in [4.78, 5) is 36.6. The standard InChI is InChI=1S/C24H25NO6/c1-3-16(2)25-23(27)20-14-17-11-12-19(15-21(17)31-24(20)28)30-22(26)10-7-13-29-18-8-5-4-6-9-18/h4-6,8-9,11-12,14-16H,3,7,10,13H2,1-2H3,(H,25,27). The molecule has 1 heterocycles. The maximum atomic E-state index is 12.3. The molecule has 7 heteroatoms. The predicted molar refractivity (Wildman–Crippen MR) is 117 cm³/mol. The summed E-state index contributed by atoms with van der Waals surface area (Å²) in [5, 5.41) is 3.31. The third-order valence-corrected chi connectivity index (χ3v) is 4.71. The van der Waals surface area contributed by atoms with E-state index in [0.717, 1.165) is 12.2 Å². The van der Waals surface area contributed by atoms with Crippen LogP contribution in [0.15, 0.2) is 63.8 Å². The van der Waals surface area contributed by atoms with Crippen molar-refractivity contribution >= 4 is 22.8 Å². The molecule has 0 aliphatic rings. The van der Waals surface area contributed by atoms with Gasteiger partial charge in [0.05, 0.1) is 6.61 Å². The summed E-state index contributed by atoms with van der Waals surface area (Å²) in [6, 6.07) is 15.5. The van der Waals surface area contributed by atoms with Crippen LogP contribution in [0.5, 0.6) is 11.5 Å². The second-order valence-corrected chi connectivity index (χ2v) is 7.17. The minimum Gasteiger partial charge on any atom is -0.494 e. The zero-order valence-electron chi connectivity index (χ0n) is 17.6. The highest BCUT2D eigenvalue weighted by atomic mass is 16.5. The molecule has 1 aromatic heterocycles. The van der Waals surface area contributed by atoms with Crippen LogP contribution in [-0.2, 0) is 4.79 Å². The maximum absolute atomic E-state index is 12.3. The summed E-state index contributed by atoms with van der Waals surface area (Å²) in [7, 11) is 0. The topological polar surface area (TPSA) is 94.8 Å². The molecular weight excluding hydrogens is 398 g/mol. The molecule has 31 heavy (non-hydrogen) atoms. The summed E-state index contributed by atoms with van der Waals surface area (Å²) in [6.45, 7) is 4.19. The van der Waals surface area contributed by atoms with Crippen molar-refractivity contribution in [1.82, 2.24) is 5.32 Å². The van der Waals surface area contributed by atoms with Gasteiger partial charge in [-0.2, -0.15) is 0 Å². The van der Waals surface area contributed by atoms with Gasteiger partial charge in [-0.25, -0.2) is 4.79 Å². The molecule has 0 spiro atoms. The molecule has 0 bridgehead atoms. The molecule has 0 aliphatic carbocycles. The largest absolute Gasteiger partial charge is 0.494 e. The number of carbonyl (C=O) groups is 2. The summed E-state index contributed by atoms with van der Waals surface area (Å²) in [5.74, 6) is 0.125. The average Bonchev–Trinajstić information content (AvgIpc) is 2.76. The molecule has 1 unspecified atom stereocenters. The fourth-order valence-electron chi connectivity index (χ4n) is 2.82. The van der Waals surface area contributed by atoms with Crippen LogP contribution in [0.25, 0.3) is 11.0 Å². The van der Waals surface area contributed by atoms with Crippen molar-refractivity contribution < 1.29 is 23.5 Å². The molecule has 0 aliphatic heterocycles. The van der Waals surface area contributed by atoms with Gasteiger partial charge in [0, 0.05) is 23.9 Å². The van der Waals surface area contributed by atoms with Crippen LogP contribution in [-0.4, -0.2) is 24.5 Å². The third-order valence-electron chi connectivity index (χ3n) is 4.71. The van der Waals surface area contributed by atoms with Crippen LogP contribution < -0.4 is 20.4 Å². The Balaban J connectivity index is 1.59. The number of ether oxygens (including phenoxy) is 2. The molecule has 1 amide bonds. The van der Waals surface area contributed by atoms with Crippen molar-refractivity contribution in [2.24, 2.45) is 0 Å². The highest BCUT2D eigenvalue weighted by Gasteiger charge is 2.16. The van der Waals surface area contributed by atoms with Crippen LogP contribution in [0.3, 0.4) is 0 Å². The van der Waals surface area contributed by atoms with E-state index in [0.29, 0.717) is 18.4 Å². The number of benzene rings is 2. The van der Waals surface area contributed by atoms with Gasteiger partial charge in [-0.15, -0.1) is 0 Å². The first-order valence-corrected chi connectivity index (χ1v) is 10.2. The zero-order valence-corrected chi connectivity index (χ0v) is 17.6. The first kappa shape index (κ1) is 22.1. The summed E-state index contributed by atoms with van der Waals surface area (Å²) in [6.07, 6.45) is 1.44. The fraction of sp³-hybridized carbons (Fsp3) is 0.292. The van der Waals surface area contributed by atoms with Gasteiger partial charge in [-0.05, 0) is 50.1 Å². The Kier molecular flexibility index (Phi) is 7.43. The van der Waals surface area contributed by atoms with E-state index >= 15 is 0 Å². The number of fused-ring (bicyclic) bond motifs is 1. The smallest absolute Gasteiger partial charge is 0.349 e. The first-order valence-electron chi connectivity index (χ1n) is 10.2. The Morgan fingerprint density at radius 2 is 1.84 bits per heavy atom. The van der Waals surface area contributed by atoms with Crippen molar-refractivity contribution in [3.63, 3.8) is 0 Å². The van der Waals surface area contributed by atoms with Crippen LogP contribution in [0.2, 0.25) is 0 Å². The number of esters is 1. The molecule has 3 aromatic rings. The Bertz CT molecular complexity index is 1110. The lowest BCUT2D eigenvalue weighted by atomic mass is 10.1. The van der Waals surface area contributed by atoms with Crippen LogP contribution in [0.4, 0.5) is 0 Å². The molecule has 0 saturated heterocycles. The van der Waals surface area contributed by atoms with Crippen molar-refractivity contribution in [3.8, 4) is 11.5 Å². The monoisotopic (exact) mass is 423 g/mol. The van der Waals surface area contributed by atoms with Gasteiger partial charge in [0.2, 0.25) is 0 Å². The number of carbonyl (C=O) groups excluding carboxylic acids is 2. The molecule has 0 fully saturated rings. The number of rotatable bonds is 9. The average molecular weight is 423 g/mol. The lowest BCUT2D eigenvalue weighted by molar-refractivity contribution is -0.134. The van der Waals surface area contributed by atoms with Crippen molar-refractivity contribution in [2.45, 2.75) is 39.2 Å². The van der Waals surface area contributed by atoms with Gasteiger partial charge in [-0.1, -0.05) is 25.1 Å².